The summed E-state index contributed by atoms with van der Waals surface area (Å²) in [5.41, 5.74) is 18.9. The van der Waals surface area contributed by atoms with Gasteiger partial charge in [0.1, 0.15) is 11.2 Å². The van der Waals surface area contributed by atoms with Crippen LogP contribution in [0.1, 0.15) is 22.3 Å². The summed E-state index contributed by atoms with van der Waals surface area (Å²) in [5.74, 6) is 1.83. The molecule has 15 rings (SSSR count). The zero-order valence-corrected chi connectivity index (χ0v) is 37.8. The molecule has 2 aliphatic rings. The second kappa shape index (κ2) is 14.6. The van der Waals surface area contributed by atoms with Crippen molar-refractivity contribution in [2.45, 2.75) is 5.41 Å². The van der Waals surface area contributed by atoms with Crippen molar-refractivity contribution in [1.82, 2.24) is 15.0 Å². The van der Waals surface area contributed by atoms with Crippen LogP contribution in [0.15, 0.2) is 229 Å². The van der Waals surface area contributed by atoms with Crippen LogP contribution in [0.5, 0.6) is 0 Å². The fraction of sp³-hybridized carbons (Fsp3) is 0.0156. The Hall–Kier alpha value is -8.77. The van der Waals surface area contributed by atoms with Gasteiger partial charge in [0.25, 0.3) is 0 Å². The Morgan fingerprint density at radius 3 is 1.64 bits per heavy atom. The molecule has 5 heteroatoms. The molecule has 320 valence electrons. The number of furan rings is 1. The third-order valence-corrected chi connectivity index (χ3v) is 15.8. The van der Waals surface area contributed by atoms with E-state index in [0.717, 1.165) is 65.6 Å². The summed E-state index contributed by atoms with van der Waals surface area (Å²) in [6, 6.07) is 80.8. The molecular weight excluding hydrogens is 859 g/mol. The smallest absolute Gasteiger partial charge is 0.165 e. The van der Waals surface area contributed by atoms with E-state index < -0.39 is 5.41 Å². The molecule has 13 aromatic rings. The summed E-state index contributed by atoms with van der Waals surface area (Å²) >= 11 is 1.78. The number of thiophene rings is 1. The Bertz CT molecular complexity index is 4210. The second-order valence-electron chi connectivity index (χ2n) is 18.2. The van der Waals surface area contributed by atoms with Crippen LogP contribution in [0.2, 0.25) is 0 Å². The molecule has 0 aliphatic heterocycles. The summed E-state index contributed by atoms with van der Waals surface area (Å²) in [6.07, 6.45) is 0. The fourth-order valence-electron chi connectivity index (χ4n) is 11.6. The molecule has 0 saturated heterocycles. The van der Waals surface area contributed by atoms with E-state index in [4.69, 9.17) is 19.4 Å². The molecule has 0 radical (unpaired) electrons. The van der Waals surface area contributed by atoms with E-state index in [1.807, 2.05) is 18.2 Å². The number of rotatable bonds is 5. The van der Waals surface area contributed by atoms with Crippen LogP contribution in [0.3, 0.4) is 0 Å². The number of hydrogen-bond donors (Lipinski definition) is 0. The molecule has 0 fully saturated rings. The van der Waals surface area contributed by atoms with Gasteiger partial charge in [-0.1, -0.05) is 182 Å². The summed E-state index contributed by atoms with van der Waals surface area (Å²) < 4.78 is 9.08. The summed E-state index contributed by atoms with van der Waals surface area (Å²) in [4.78, 5) is 16.0. The highest BCUT2D eigenvalue weighted by Crippen LogP contribution is 2.63. The Morgan fingerprint density at radius 1 is 0.319 bits per heavy atom. The van der Waals surface area contributed by atoms with Crippen LogP contribution in [-0.4, -0.2) is 15.0 Å². The van der Waals surface area contributed by atoms with Crippen molar-refractivity contribution in [2.75, 3.05) is 0 Å². The molecule has 10 aromatic carbocycles. The molecule has 4 nitrogen and oxygen atoms in total. The van der Waals surface area contributed by atoms with E-state index in [0.29, 0.717) is 17.5 Å². The number of aromatic nitrogens is 3. The molecule has 0 amide bonds. The topological polar surface area (TPSA) is 51.8 Å². The predicted octanol–water partition coefficient (Wildman–Crippen LogP) is 16.8. The van der Waals surface area contributed by atoms with E-state index >= 15 is 0 Å². The summed E-state index contributed by atoms with van der Waals surface area (Å²) in [5, 5.41) is 4.41. The van der Waals surface area contributed by atoms with Crippen molar-refractivity contribution >= 4 is 53.4 Å². The lowest BCUT2D eigenvalue weighted by molar-refractivity contribution is 0.669. The van der Waals surface area contributed by atoms with Crippen LogP contribution in [-0.2, 0) is 5.41 Å². The van der Waals surface area contributed by atoms with Gasteiger partial charge in [-0.3, -0.25) is 0 Å². The number of benzene rings is 10. The zero-order valence-electron chi connectivity index (χ0n) is 37.0. The van der Waals surface area contributed by atoms with Gasteiger partial charge in [-0.05, 0) is 109 Å². The van der Waals surface area contributed by atoms with Crippen molar-refractivity contribution in [2.24, 2.45) is 0 Å². The van der Waals surface area contributed by atoms with E-state index in [9.17, 15) is 0 Å². The van der Waals surface area contributed by atoms with E-state index in [1.54, 1.807) is 11.3 Å². The molecule has 0 saturated carbocycles. The van der Waals surface area contributed by atoms with Gasteiger partial charge in [0, 0.05) is 47.6 Å². The maximum Gasteiger partial charge on any atom is 0.165 e. The van der Waals surface area contributed by atoms with Gasteiger partial charge in [0.05, 0.1) is 5.41 Å². The first-order valence-corrected chi connectivity index (χ1v) is 24.2. The van der Waals surface area contributed by atoms with Gasteiger partial charge in [0.2, 0.25) is 0 Å². The SMILES string of the molecule is c1ccc(-c2cccc(-c3nc(-c4cccc5c4sc4ccccc45)nc(-c4cccc5oc6ccc(-c7ccc8c(c7)C7(c9ccccc9-c9ccccc97)c7ccccc7-8)cc6c45)n3)c2)cc1. The van der Waals surface area contributed by atoms with Crippen LogP contribution in [0, 0.1) is 0 Å². The standard InChI is InChI=1S/C64H37N3OS/c1-2-15-38(16-3-1)39-17-12-18-42(35-39)61-65-62(67-63(66-61)50-25-13-23-48-47-22-7-11-30-58(47)69-60(48)50)49-24-14-29-57-59(49)51-36-40(32-34-56(51)68-57)41-31-33-46-45-21-6-10-28-54(45)64(55(46)37-41)52-26-8-4-19-43(52)44-20-5-9-27-53(44)64/h1-37H. The lowest BCUT2D eigenvalue weighted by Crippen LogP contribution is -2.25. The van der Waals surface area contributed by atoms with Gasteiger partial charge < -0.3 is 4.42 Å². The van der Waals surface area contributed by atoms with Crippen molar-refractivity contribution in [3.8, 4) is 78.7 Å². The van der Waals surface area contributed by atoms with Crippen molar-refractivity contribution in [1.29, 1.82) is 0 Å². The lowest BCUT2D eigenvalue weighted by Gasteiger charge is -2.30. The minimum Gasteiger partial charge on any atom is -0.456 e. The molecule has 2 aliphatic carbocycles. The Kier molecular flexibility index (Phi) is 8.12. The van der Waals surface area contributed by atoms with Crippen LogP contribution in [0.25, 0.3) is 121 Å². The monoisotopic (exact) mass is 895 g/mol. The van der Waals surface area contributed by atoms with Crippen LogP contribution in [0.4, 0.5) is 0 Å². The highest BCUT2D eigenvalue weighted by atomic mass is 32.1. The van der Waals surface area contributed by atoms with Gasteiger partial charge in [-0.15, -0.1) is 11.3 Å². The van der Waals surface area contributed by atoms with Crippen LogP contribution < -0.4 is 0 Å². The Morgan fingerprint density at radius 2 is 0.855 bits per heavy atom. The third-order valence-electron chi connectivity index (χ3n) is 14.6. The average molecular weight is 896 g/mol. The fourth-order valence-corrected chi connectivity index (χ4v) is 12.8. The Balaban J connectivity index is 0.930. The van der Waals surface area contributed by atoms with E-state index in [1.165, 1.54) is 60.0 Å². The maximum atomic E-state index is 6.69. The highest BCUT2D eigenvalue weighted by Gasteiger charge is 2.51. The molecule has 0 bridgehead atoms. The van der Waals surface area contributed by atoms with Crippen molar-refractivity contribution in [3.63, 3.8) is 0 Å². The van der Waals surface area contributed by atoms with E-state index in [-0.39, 0.29) is 0 Å². The molecule has 0 N–H and O–H groups in total. The number of nitrogens with zero attached hydrogens (tertiary/aromatic N) is 3. The van der Waals surface area contributed by atoms with Crippen molar-refractivity contribution < 1.29 is 4.42 Å². The molecule has 3 heterocycles. The maximum absolute atomic E-state index is 6.69. The highest BCUT2D eigenvalue weighted by molar-refractivity contribution is 7.26. The first-order chi connectivity index (χ1) is 34.2. The number of hydrogen-bond acceptors (Lipinski definition) is 5. The van der Waals surface area contributed by atoms with Gasteiger partial charge in [-0.2, -0.15) is 0 Å². The van der Waals surface area contributed by atoms with Gasteiger partial charge in [0.15, 0.2) is 17.5 Å². The first-order valence-electron chi connectivity index (χ1n) is 23.4. The third kappa shape index (κ3) is 5.53. The molecule has 0 atom stereocenters. The minimum atomic E-state index is -0.427. The van der Waals surface area contributed by atoms with Crippen molar-refractivity contribution in [3.05, 3.63) is 247 Å². The average Bonchev–Trinajstić information content (AvgIpc) is 4.16. The molecule has 69 heavy (non-hydrogen) atoms. The lowest BCUT2D eigenvalue weighted by atomic mass is 9.70. The first kappa shape index (κ1) is 38.3. The number of fused-ring (bicyclic) bond motifs is 16. The largest absolute Gasteiger partial charge is 0.456 e. The van der Waals surface area contributed by atoms with Gasteiger partial charge >= 0.3 is 0 Å². The molecule has 1 spiro atoms. The molecule has 3 aromatic heterocycles. The van der Waals surface area contributed by atoms with Gasteiger partial charge in [-0.25, -0.2) is 15.0 Å². The molecule has 0 unspecified atom stereocenters. The zero-order chi connectivity index (χ0) is 45.2. The minimum absolute atomic E-state index is 0.427. The van der Waals surface area contributed by atoms with Crippen LogP contribution >= 0.6 is 11.3 Å². The Labute approximate surface area is 401 Å². The van der Waals surface area contributed by atoms with E-state index in [2.05, 4.69) is 206 Å². The quantitative estimate of drug-likeness (QED) is 0.173. The normalized spacial score (nSPS) is 13.0. The predicted molar refractivity (Wildman–Crippen MR) is 283 cm³/mol. The molecular formula is C64H37N3OS. The second-order valence-corrected chi connectivity index (χ2v) is 19.2. The summed E-state index contributed by atoms with van der Waals surface area (Å²) in [7, 11) is 0. The summed E-state index contributed by atoms with van der Waals surface area (Å²) in [6.45, 7) is 0.